The van der Waals surface area contributed by atoms with E-state index in [1.165, 1.54) is 11.3 Å². The summed E-state index contributed by atoms with van der Waals surface area (Å²) >= 11 is 1.42. The normalized spacial score (nSPS) is 17.8. The highest BCUT2D eigenvalue weighted by Crippen LogP contribution is 2.26. The molecular formula is C22H22N2O2S. The molecule has 1 saturated heterocycles. The van der Waals surface area contributed by atoms with Crippen molar-refractivity contribution in [3.63, 3.8) is 0 Å². The van der Waals surface area contributed by atoms with Crippen LogP contribution < -0.4 is 5.32 Å². The molecule has 0 radical (unpaired) electrons. The molecule has 0 bridgehead atoms. The zero-order valence-electron chi connectivity index (χ0n) is 15.2. The van der Waals surface area contributed by atoms with E-state index in [2.05, 4.69) is 29.6 Å². The van der Waals surface area contributed by atoms with Gasteiger partial charge in [0, 0.05) is 6.54 Å². The molecule has 0 aliphatic carbocycles. The third-order valence-electron chi connectivity index (χ3n) is 5.20. The number of fused-ring (bicyclic) bond motifs is 1. The first kappa shape index (κ1) is 17.7. The molecule has 3 aromatic rings. The third kappa shape index (κ3) is 3.47. The summed E-state index contributed by atoms with van der Waals surface area (Å²) in [5.74, 6) is -0.113. The Hall–Kier alpha value is -2.66. The van der Waals surface area contributed by atoms with E-state index in [4.69, 9.17) is 0 Å². The zero-order chi connectivity index (χ0) is 18.8. The van der Waals surface area contributed by atoms with Gasteiger partial charge in [-0.2, -0.15) is 0 Å². The fourth-order valence-electron chi connectivity index (χ4n) is 3.84. The van der Waals surface area contributed by atoms with Crippen LogP contribution >= 0.6 is 11.3 Å². The summed E-state index contributed by atoms with van der Waals surface area (Å²) in [7, 11) is 0. The lowest BCUT2D eigenvalue weighted by molar-refractivity contribution is -0.125. The zero-order valence-corrected chi connectivity index (χ0v) is 16.0. The number of hydrogen-bond acceptors (Lipinski definition) is 3. The Morgan fingerprint density at radius 2 is 1.93 bits per heavy atom. The largest absolute Gasteiger partial charge is 0.348 e. The number of nitrogens with zero attached hydrogens (tertiary/aromatic N) is 1. The van der Waals surface area contributed by atoms with Crippen molar-refractivity contribution in [2.45, 2.75) is 31.8 Å². The molecule has 2 aromatic carbocycles. The first-order valence-corrected chi connectivity index (χ1v) is 10.2. The molecule has 1 N–H and O–H groups in total. The van der Waals surface area contributed by atoms with Gasteiger partial charge in [0.05, 0.1) is 10.9 Å². The maximum Gasteiger partial charge on any atom is 0.264 e. The summed E-state index contributed by atoms with van der Waals surface area (Å²) in [5.41, 5.74) is 1.09. The van der Waals surface area contributed by atoms with Crippen LogP contribution in [0.1, 0.15) is 41.0 Å². The van der Waals surface area contributed by atoms with Gasteiger partial charge in [-0.25, -0.2) is 0 Å². The predicted octanol–water partition coefficient (Wildman–Crippen LogP) is 4.38. The van der Waals surface area contributed by atoms with Crippen molar-refractivity contribution < 1.29 is 9.59 Å². The number of likely N-dealkylation sites (tertiary alicyclic amines) is 1. The van der Waals surface area contributed by atoms with Crippen molar-refractivity contribution in [1.82, 2.24) is 10.2 Å². The molecule has 27 heavy (non-hydrogen) atoms. The van der Waals surface area contributed by atoms with Crippen LogP contribution in [0.2, 0.25) is 0 Å². The average Bonchev–Trinajstić information content (AvgIpc) is 3.38. The topological polar surface area (TPSA) is 49.4 Å². The first-order valence-electron chi connectivity index (χ1n) is 9.27. The van der Waals surface area contributed by atoms with Crippen molar-refractivity contribution in [2.24, 2.45) is 0 Å². The Morgan fingerprint density at radius 3 is 2.74 bits per heavy atom. The number of hydrogen-bond donors (Lipinski definition) is 1. The molecule has 2 atom stereocenters. The molecule has 1 aliphatic heterocycles. The minimum Gasteiger partial charge on any atom is -0.348 e. The Kier molecular flexibility index (Phi) is 4.94. The van der Waals surface area contributed by atoms with Crippen LogP contribution in [0.3, 0.4) is 0 Å². The van der Waals surface area contributed by atoms with Crippen LogP contribution in [0.5, 0.6) is 0 Å². The van der Waals surface area contributed by atoms with E-state index in [0.29, 0.717) is 17.8 Å². The SMILES string of the molecule is C[C@H](NC(=O)[C@H]1CCCN1C(=O)c1cccs1)c1cccc2ccccc12. The molecule has 2 heterocycles. The van der Waals surface area contributed by atoms with E-state index in [1.54, 1.807) is 4.90 Å². The van der Waals surface area contributed by atoms with Gasteiger partial charge < -0.3 is 10.2 Å². The van der Waals surface area contributed by atoms with E-state index >= 15 is 0 Å². The van der Waals surface area contributed by atoms with E-state index < -0.39 is 6.04 Å². The Labute approximate surface area is 162 Å². The molecule has 0 saturated carbocycles. The number of amides is 2. The highest BCUT2D eigenvalue weighted by molar-refractivity contribution is 7.12. The average molecular weight is 378 g/mol. The minimum absolute atomic E-state index is 0.0412. The van der Waals surface area contributed by atoms with Crippen LogP contribution in [-0.2, 0) is 4.79 Å². The summed E-state index contributed by atoms with van der Waals surface area (Å²) in [6, 6.07) is 17.5. The molecule has 1 aromatic heterocycles. The fraction of sp³-hybridized carbons (Fsp3) is 0.273. The number of carbonyl (C=O) groups is 2. The van der Waals surface area contributed by atoms with Crippen molar-refractivity contribution in [2.75, 3.05) is 6.54 Å². The maximum absolute atomic E-state index is 12.9. The second kappa shape index (κ2) is 7.53. The van der Waals surface area contributed by atoms with Crippen molar-refractivity contribution in [1.29, 1.82) is 0 Å². The van der Waals surface area contributed by atoms with E-state index in [-0.39, 0.29) is 17.9 Å². The van der Waals surface area contributed by atoms with Gasteiger partial charge in [-0.3, -0.25) is 9.59 Å². The van der Waals surface area contributed by atoms with Crippen LogP contribution in [0, 0.1) is 0 Å². The molecule has 138 valence electrons. The predicted molar refractivity (Wildman–Crippen MR) is 109 cm³/mol. The summed E-state index contributed by atoms with van der Waals surface area (Å²) < 4.78 is 0. The van der Waals surface area contributed by atoms with Crippen molar-refractivity contribution >= 4 is 33.9 Å². The molecule has 0 unspecified atom stereocenters. The lowest BCUT2D eigenvalue weighted by atomic mass is 9.99. The number of carbonyl (C=O) groups excluding carboxylic acids is 2. The van der Waals surface area contributed by atoms with Gasteiger partial charge in [0.2, 0.25) is 5.91 Å². The van der Waals surface area contributed by atoms with Gasteiger partial charge >= 0.3 is 0 Å². The smallest absolute Gasteiger partial charge is 0.264 e. The molecule has 2 amide bonds. The van der Waals surface area contributed by atoms with Crippen molar-refractivity contribution in [3.8, 4) is 0 Å². The van der Waals surface area contributed by atoms with E-state index in [1.807, 2.05) is 42.6 Å². The lowest BCUT2D eigenvalue weighted by Crippen LogP contribution is -2.46. The van der Waals surface area contributed by atoms with Crippen LogP contribution in [-0.4, -0.2) is 29.3 Å². The molecule has 4 nitrogen and oxygen atoms in total. The lowest BCUT2D eigenvalue weighted by Gasteiger charge is -2.25. The van der Waals surface area contributed by atoms with Gasteiger partial charge in [0.15, 0.2) is 0 Å². The number of thiophene rings is 1. The molecule has 1 aliphatic rings. The van der Waals surface area contributed by atoms with Crippen LogP contribution in [0.4, 0.5) is 0 Å². The summed E-state index contributed by atoms with van der Waals surface area (Å²) in [4.78, 5) is 28.1. The number of rotatable bonds is 4. The van der Waals surface area contributed by atoms with E-state index in [9.17, 15) is 9.59 Å². The Morgan fingerprint density at radius 1 is 1.11 bits per heavy atom. The minimum atomic E-state index is -0.392. The molecule has 5 heteroatoms. The molecule has 4 rings (SSSR count). The number of benzene rings is 2. The Balaban J connectivity index is 1.52. The van der Waals surface area contributed by atoms with E-state index in [0.717, 1.165) is 22.8 Å². The second-order valence-electron chi connectivity index (χ2n) is 6.93. The highest BCUT2D eigenvalue weighted by atomic mass is 32.1. The third-order valence-corrected chi connectivity index (χ3v) is 6.05. The second-order valence-corrected chi connectivity index (χ2v) is 7.88. The standard InChI is InChI=1S/C22H22N2O2S/c1-15(17-10-4-8-16-7-2-3-9-18(16)17)23-21(25)19-11-5-13-24(19)22(26)20-12-6-14-27-20/h2-4,6-10,12,14-15,19H,5,11,13H2,1H3,(H,23,25)/t15-,19+/m0/s1. The maximum atomic E-state index is 12.9. The molecule has 1 fully saturated rings. The van der Waals surface area contributed by atoms with Gasteiger partial charge in [0.25, 0.3) is 5.91 Å². The summed E-state index contributed by atoms with van der Waals surface area (Å²) in [5, 5.41) is 7.32. The fourth-order valence-corrected chi connectivity index (χ4v) is 4.52. The summed E-state index contributed by atoms with van der Waals surface area (Å²) in [6.45, 7) is 2.64. The van der Waals surface area contributed by atoms with Gasteiger partial charge in [-0.15, -0.1) is 11.3 Å². The summed E-state index contributed by atoms with van der Waals surface area (Å²) in [6.07, 6.45) is 1.57. The quantitative estimate of drug-likeness (QED) is 0.732. The van der Waals surface area contributed by atoms with Crippen LogP contribution in [0.25, 0.3) is 10.8 Å². The Bertz CT molecular complexity index is 962. The molecular weight excluding hydrogens is 356 g/mol. The van der Waals surface area contributed by atoms with Gasteiger partial charge in [-0.05, 0) is 47.5 Å². The first-order chi connectivity index (χ1) is 13.1. The highest BCUT2D eigenvalue weighted by Gasteiger charge is 2.35. The van der Waals surface area contributed by atoms with Gasteiger partial charge in [0.1, 0.15) is 6.04 Å². The van der Waals surface area contributed by atoms with Gasteiger partial charge in [-0.1, -0.05) is 48.5 Å². The monoisotopic (exact) mass is 378 g/mol. The van der Waals surface area contributed by atoms with Crippen LogP contribution in [0.15, 0.2) is 60.0 Å². The van der Waals surface area contributed by atoms with Crippen molar-refractivity contribution in [3.05, 3.63) is 70.4 Å². The molecule has 0 spiro atoms. The number of nitrogens with one attached hydrogen (secondary N) is 1.